The van der Waals surface area contributed by atoms with E-state index in [9.17, 15) is 33.4 Å². The number of anilines is 1. The molecule has 0 aromatic heterocycles. The molecule has 0 bridgehead atoms. The number of nitro benzene ring substituents is 2. The quantitative estimate of drug-likeness (QED) is 0.386. The van der Waals surface area contributed by atoms with Gasteiger partial charge in [0.1, 0.15) is 5.56 Å². The van der Waals surface area contributed by atoms with Crippen LogP contribution in [0.1, 0.15) is 10.4 Å². The number of hydrogen-bond donors (Lipinski definition) is 2. The summed E-state index contributed by atoms with van der Waals surface area (Å²) in [5.41, 5.74) is -1.44. The number of rotatable bonds is 8. The Labute approximate surface area is 159 Å². The van der Waals surface area contributed by atoms with E-state index in [1.807, 2.05) is 0 Å². The van der Waals surface area contributed by atoms with Gasteiger partial charge in [0.25, 0.3) is 17.3 Å². The fourth-order valence-corrected chi connectivity index (χ4v) is 3.14. The molecule has 0 atom stereocenters. The Balaban J connectivity index is 2.25. The van der Waals surface area contributed by atoms with Gasteiger partial charge in [-0.25, -0.2) is 13.1 Å². The molecule has 1 amide bonds. The molecule has 0 aliphatic carbocycles. The molecule has 0 aliphatic heterocycles. The van der Waals surface area contributed by atoms with Gasteiger partial charge in [0, 0.05) is 18.3 Å². The number of carbonyl (C=O) groups excluding carboxylic acids is 1. The van der Waals surface area contributed by atoms with E-state index in [-0.39, 0.29) is 22.7 Å². The van der Waals surface area contributed by atoms with Gasteiger partial charge in [-0.05, 0) is 30.3 Å². The average molecular weight is 406 g/mol. The lowest BCUT2D eigenvalue weighted by molar-refractivity contribution is -0.394. The van der Waals surface area contributed by atoms with Gasteiger partial charge in [-0.2, -0.15) is 0 Å². The second-order valence-electron chi connectivity index (χ2n) is 5.33. The first kappa shape index (κ1) is 20.7. The number of non-ortho nitro benzene ring substituents is 1. The first-order chi connectivity index (χ1) is 13.2. The molecule has 2 aromatic carbocycles. The van der Waals surface area contributed by atoms with Crippen molar-refractivity contribution in [2.24, 2.45) is 0 Å². The third kappa shape index (κ3) is 4.75. The van der Waals surface area contributed by atoms with Gasteiger partial charge in [0.05, 0.1) is 20.8 Å². The minimum atomic E-state index is -3.74. The highest BCUT2D eigenvalue weighted by molar-refractivity contribution is 7.89. The normalized spacial score (nSPS) is 10.9. The van der Waals surface area contributed by atoms with Crippen LogP contribution in [-0.2, 0) is 10.0 Å². The third-order valence-corrected chi connectivity index (χ3v) is 4.91. The minimum absolute atomic E-state index is 0.0463. The monoisotopic (exact) mass is 406 g/mol. The highest BCUT2D eigenvalue weighted by atomic mass is 32.2. The lowest BCUT2D eigenvalue weighted by Crippen LogP contribution is -2.23. The zero-order valence-electron chi connectivity index (χ0n) is 14.2. The Morgan fingerprint density at radius 2 is 1.71 bits per heavy atom. The summed E-state index contributed by atoms with van der Waals surface area (Å²) in [6.45, 7) is 3.45. The summed E-state index contributed by atoms with van der Waals surface area (Å²) in [7, 11) is -3.74. The van der Waals surface area contributed by atoms with Crippen molar-refractivity contribution in [1.82, 2.24) is 4.72 Å². The van der Waals surface area contributed by atoms with Gasteiger partial charge in [-0.1, -0.05) is 6.08 Å². The molecular weight excluding hydrogens is 392 g/mol. The number of benzene rings is 2. The number of nitrogens with zero attached hydrogens (tertiary/aromatic N) is 2. The van der Waals surface area contributed by atoms with E-state index in [0.717, 1.165) is 12.1 Å². The average Bonchev–Trinajstić information content (AvgIpc) is 2.66. The molecule has 0 saturated carbocycles. The molecule has 2 rings (SSSR count). The number of hydrogen-bond acceptors (Lipinski definition) is 7. The van der Waals surface area contributed by atoms with Crippen LogP contribution < -0.4 is 10.0 Å². The van der Waals surface area contributed by atoms with Crippen molar-refractivity contribution in [2.75, 3.05) is 11.9 Å². The number of sulfonamides is 1. The maximum atomic E-state index is 12.3. The van der Waals surface area contributed by atoms with Crippen molar-refractivity contribution in [2.45, 2.75) is 4.90 Å². The molecule has 0 unspecified atom stereocenters. The van der Waals surface area contributed by atoms with Gasteiger partial charge in [-0.3, -0.25) is 25.0 Å². The zero-order chi connectivity index (χ0) is 20.9. The molecule has 0 aliphatic rings. The predicted molar refractivity (Wildman–Crippen MR) is 99.5 cm³/mol. The highest BCUT2D eigenvalue weighted by Crippen LogP contribution is 2.25. The summed E-state index contributed by atoms with van der Waals surface area (Å²) in [6.07, 6.45) is 1.38. The van der Waals surface area contributed by atoms with Crippen LogP contribution in [-0.4, -0.2) is 30.7 Å². The van der Waals surface area contributed by atoms with Crippen LogP contribution in [0.3, 0.4) is 0 Å². The van der Waals surface area contributed by atoms with Crippen LogP contribution in [0.25, 0.3) is 0 Å². The van der Waals surface area contributed by atoms with E-state index in [0.29, 0.717) is 6.07 Å². The van der Waals surface area contributed by atoms with Crippen molar-refractivity contribution < 1.29 is 23.1 Å². The van der Waals surface area contributed by atoms with Gasteiger partial charge in [-0.15, -0.1) is 6.58 Å². The Kier molecular flexibility index (Phi) is 6.18. The molecule has 0 spiro atoms. The molecular formula is C16H14N4O7S. The van der Waals surface area contributed by atoms with E-state index in [1.54, 1.807) is 0 Å². The first-order valence-corrected chi connectivity index (χ1v) is 9.09. The van der Waals surface area contributed by atoms with Gasteiger partial charge < -0.3 is 5.32 Å². The fourth-order valence-electron chi connectivity index (χ4n) is 2.14. The lowest BCUT2D eigenvalue weighted by Gasteiger charge is -2.08. The minimum Gasteiger partial charge on any atom is -0.322 e. The molecule has 2 aromatic rings. The predicted octanol–water partition coefficient (Wildman–Crippen LogP) is 2.22. The molecule has 0 saturated heterocycles. The maximum absolute atomic E-state index is 12.3. The summed E-state index contributed by atoms with van der Waals surface area (Å²) in [5.74, 6) is -0.873. The van der Waals surface area contributed by atoms with E-state index in [1.165, 1.54) is 30.3 Å². The number of nitro groups is 2. The van der Waals surface area contributed by atoms with E-state index in [2.05, 4.69) is 16.6 Å². The van der Waals surface area contributed by atoms with Gasteiger partial charge >= 0.3 is 0 Å². The topological polar surface area (TPSA) is 162 Å². The molecule has 0 fully saturated rings. The van der Waals surface area contributed by atoms with Crippen LogP contribution in [0.2, 0.25) is 0 Å². The smallest absolute Gasteiger partial charge is 0.289 e. The van der Waals surface area contributed by atoms with Crippen LogP contribution in [0.15, 0.2) is 60.0 Å². The standard InChI is InChI=1S/C16H14N4O7S/c1-2-9-17-28(26,27)13-6-3-11(4-7-13)18-16(21)14-8-5-12(19(22)23)10-15(14)20(24)25/h2-8,10,17H,1,9H2,(H,18,21). The second-order valence-corrected chi connectivity index (χ2v) is 7.10. The van der Waals surface area contributed by atoms with Crippen molar-refractivity contribution in [1.29, 1.82) is 0 Å². The van der Waals surface area contributed by atoms with E-state index < -0.39 is 37.2 Å². The van der Waals surface area contributed by atoms with E-state index in [4.69, 9.17) is 0 Å². The highest BCUT2D eigenvalue weighted by Gasteiger charge is 2.24. The summed E-state index contributed by atoms with van der Waals surface area (Å²) in [6, 6.07) is 7.73. The summed E-state index contributed by atoms with van der Waals surface area (Å²) >= 11 is 0. The summed E-state index contributed by atoms with van der Waals surface area (Å²) in [4.78, 5) is 32.4. The molecule has 0 radical (unpaired) electrons. The Morgan fingerprint density at radius 3 is 2.25 bits per heavy atom. The number of nitrogens with one attached hydrogen (secondary N) is 2. The van der Waals surface area contributed by atoms with Gasteiger partial charge in [0.15, 0.2) is 0 Å². The fraction of sp³-hybridized carbons (Fsp3) is 0.0625. The van der Waals surface area contributed by atoms with E-state index >= 15 is 0 Å². The van der Waals surface area contributed by atoms with Crippen molar-refractivity contribution >= 4 is 33.0 Å². The summed E-state index contributed by atoms with van der Waals surface area (Å²) < 4.78 is 26.2. The van der Waals surface area contributed by atoms with Crippen LogP contribution in [0.5, 0.6) is 0 Å². The maximum Gasteiger partial charge on any atom is 0.289 e. The molecule has 2 N–H and O–H groups in total. The molecule has 12 heteroatoms. The largest absolute Gasteiger partial charge is 0.322 e. The molecule has 28 heavy (non-hydrogen) atoms. The molecule has 11 nitrogen and oxygen atoms in total. The first-order valence-electron chi connectivity index (χ1n) is 7.60. The van der Waals surface area contributed by atoms with Crippen molar-refractivity contribution in [3.05, 3.63) is 80.9 Å². The van der Waals surface area contributed by atoms with Crippen LogP contribution in [0, 0.1) is 20.2 Å². The Morgan fingerprint density at radius 1 is 1.07 bits per heavy atom. The lowest BCUT2D eigenvalue weighted by atomic mass is 10.1. The Hall–Kier alpha value is -3.64. The number of amides is 1. The Bertz CT molecular complexity index is 1050. The second kappa shape index (κ2) is 8.37. The van der Waals surface area contributed by atoms with Crippen LogP contribution in [0.4, 0.5) is 17.1 Å². The number of carbonyl (C=O) groups is 1. The van der Waals surface area contributed by atoms with Crippen LogP contribution >= 0.6 is 0 Å². The summed E-state index contributed by atoms with van der Waals surface area (Å²) in [5, 5.41) is 24.2. The van der Waals surface area contributed by atoms with Crippen molar-refractivity contribution in [3.8, 4) is 0 Å². The zero-order valence-corrected chi connectivity index (χ0v) is 15.0. The SMILES string of the molecule is C=CCNS(=O)(=O)c1ccc(NC(=O)c2ccc([N+](=O)[O-])cc2[N+](=O)[O-])cc1. The molecule has 0 heterocycles. The van der Waals surface area contributed by atoms with Crippen molar-refractivity contribution in [3.63, 3.8) is 0 Å². The third-order valence-electron chi connectivity index (χ3n) is 3.47. The van der Waals surface area contributed by atoms with Gasteiger partial charge in [0.2, 0.25) is 10.0 Å². The molecule has 146 valence electrons.